The number of nitrogens with one attached hydrogen (secondary N) is 1. The summed E-state index contributed by atoms with van der Waals surface area (Å²) in [6.07, 6.45) is -2.53. The minimum Gasteiger partial charge on any atom is -0.377 e. The van der Waals surface area contributed by atoms with E-state index in [1.807, 2.05) is 0 Å². The average Bonchev–Trinajstić information content (AvgIpc) is 2.18. The van der Waals surface area contributed by atoms with E-state index in [2.05, 4.69) is 5.32 Å². The summed E-state index contributed by atoms with van der Waals surface area (Å²) in [7, 11) is 0. The van der Waals surface area contributed by atoms with Crippen LogP contribution in [0.2, 0.25) is 0 Å². The second-order valence-corrected chi connectivity index (χ2v) is 4.48. The van der Waals surface area contributed by atoms with E-state index < -0.39 is 18.0 Å². The first-order valence-electron chi connectivity index (χ1n) is 4.68. The first kappa shape index (κ1) is 14.1. The first-order chi connectivity index (χ1) is 7.78. The van der Waals surface area contributed by atoms with Crippen LogP contribution in [0.3, 0.4) is 0 Å². The van der Waals surface area contributed by atoms with Crippen LogP contribution in [0, 0.1) is 0 Å². The number of thioether (sulfide) groups is 1. The molecule has 1 atom stereocenters. The fraction of sp³-hybridized carbons (Fsp3) is 0.400. The van der Waals surface area contributed by atoms with Gasteiger partial charge in [0.05, 0.1) is 6.04 Å². The van der Waals surface area contributed by atoms with E-state index in [0.29, 0.717) is 5.69 Å². The number of rotatable bonds is 4. The highest BCUT2D eigenvalue weighted by Crippen LogP contribution is 2.37. The van der Waals surface area contributed by atoms with Crippen LogP contribution < -0.4 is 5.32 Å². The zero-order valence-electron chi connectivity index (χ0n) is 8.76. The molecule has 1 unspecified atom stereocenters. The summed E-state index contributed by atoms with van der Waals surface area (Å²) in [5, 5.41) is 2.49. The summed E-state index contributed by atoms with van der Waals surface area (Å²) in [5.74, 6) is 0. The smallest absolute Gasteiger partial charge is 0.377 e. The molecule has 1 nitrogen and oxygen atoms in total. The Labute approximate surface area is 99.4 Å². The zero-order chi connectivity index (χ0) is 13.1. The fourth-order valence-corrected chi connectivity index (χ4v) is 1.62. The molecule has 0 fully saturated rings. The van der Waals surface area contributed by atoms with Crippen LogP contribution in [0.15, 0.2) is 29.2 Å². The molecule has 1 N–H and O–H groups in total. The summed E-state index contributed by atoms with van der Waals surface area (Å²) >= 11 is -0.241. The van der Waals surface area contributed by atoms with Gasteiger partial charge in [0.1, 0.15) is 0 Å². The monoisotopic (exact) mass is 271 g/mol. The van der Waals surface area contributed by atoms with Crippen LogP contribution in [0.25, 0.3) is 0 Å². The lowest BCUT2D eigenvalue weighted by molar-refractivity contribution is -0.0328. The summed E-state index contributed by atoms with van der Waals surface area (Å²) in [6, 6.07) is 4.10. The molecule has 1 aromatic carbocycles. The molecule has 0 radical (unpaired) electrons. The van der Waals surface area contributed by atoms with Crippen molar-refractivity contribution < 1.29 is 22.0 Å². The van der Waals surface area contributed by atoms with Gasteiger partial charge in [-0.25, -0.2) is 8.78 Å². The average molecular weight is 271 g/mol. The maximum absolute atomic E-state index is 12.2. The zero-order valence-corrected chi connectivity index (χ0v) is 9.58. The molecule has 0 aliphatic heterocycles. The molecule has 0 aliphatic rings. The van der Waals surface area contributed by atoms with Crippen molar-refractivity contribution >= 4 is 17.4 Å². The topological polar surface area (TPSA) is 12.0 Å². The van der Waals surface area contributed by atoms with Gasteiger partial charge >= 0.3 is 5.51 Å². The van der Waals surface area contributed by atoms with Gasteiger partial charge in [-0.05, 0) is 43.0 Å². The van der Waals surface area contributed by atoms with Gasteiger partial charge in [-0.15, -0.1) is 0 Å². The van der Waals surface area contributed by atoms with Crippen LogP contribution in [-0.2, 0) is 0 Å². The highest BCUT2D eigenvalue weighted by Gasteiger charge is 2.29. The second-order valence-electron chi connectivity index (χ2n) is 3.34. The second kappa shape index (κ2) is 5.57. The SMILES string of the molecule is CC(Nc1ccc(SC(F)(F)F)cc1)C(F)F. The Balaban J connectivity index is 2.62. The molecule has 0 aliphatic carbocycles. The quantitative estimate of drug-likeness (QED) is 0.645. The molecular formula is C10H10F5NS. The van der Waals surface area contributed by atoms with Gasteiger partial charge in [0.25, 0.3) is 6.43 Å². The van der Waals surface area contributed by atoms with Gasteiger partial charge < -0.3 is 5.32 Å². The molecule has 0 spiro atoms. The highest BCUT2D eigenvalue weighted by atomic mass is 32.2. The van der Waals surface area contributed by atoms with Gasteiger partial charge in [-0.2, -0.15) is 13.2 Å². The molecular weight excluding hydrogens is 261 g/mol. The van der Waals surface area contributed by atoms with Crippen molar-refractivity contribution in [3.63, 3.8) is 0 Å². The first-order valence-corrected chi connectivity index (χ1v) is 5.50. The number of alkyl halides is 5. The van der Waals surface area contributed by atoms with Gasteiger partial charge in [-0.3, -0.25) is 0 Å². The summed E-state index contributed by atoms with van der Waals surface area (Å²) in [5.41, 5.74) is -3.98. The van der Waals surface area contributed by atoms with Crippen LogP contribution in [0.1, 0.15) is 6.92 Å². The number of benzene rings is 1. The predicted octanol–water partition coefficient (Wildman–Crippen LogP) is 4.36. The van der Waals surface area contributed by atoms with Crippen LogP contribution in [-0.4, -0.2) is 18.0 Å². The van der Waals surface area contributed by atoms with Crippen molar-refractivity contribution in [1.82, 2.24) is 0 Å². The lowest BCUT2D eigenvalue weighted by Gasteiger charge is -2.14. The normalized spacial score (nSPS) is 13.8. The summed E-state index contributed by atoms with van der Waals surface area (Å²) < 4.78 is 60.4. The van der Waals surface area contributed by atoms with Crippen molar-refractivity contribution in [3.8, 4) is 0 Å². The van der Waals surface area contributed by atoms with E-state index in [9.17, 15) is 22.0 Å². The van der Waals surface area contributed by atoms with Crippen molar-refractivity contribution in [2.45, 2.75) is 29.8 Å². The number of halogens is 5. The lowest BCUT2D eigenvalue weighted by atomic mass is 10.3. The molecule has 7 heteroatoms. The van der Waals surface area contributed by atoms with E-state index in [-0.39, 0.29) is 16.7 Å². The molecule has 0 saturated heterocycles. The summed E-state index contributed by atoms with van der Waals surface area (Å²) in [4.78, 5) is 0.0211. The minimum atomic E-state index is -4.34. The number of hydrogen-bond acceptors (Lipinski definition) is 2. The fourth-order valence-electron chi connectivity index (χ4n) is 1.08. The predicted molar refractivity (Wildman–Crippen MR) is 57.4 cm³/mol. The van der Waals surface area contributed by atoms with Gasteiger partial charge in [0, 0.05) is 10.6 Å². The van der Waals surface area contributed by atoms with E-state index in [1.165, 1.54) is 31.2 Å². The molecule has 0 bridgehead atoms. The third kappa shape index (κ3) is 5.25. The molecule has 1 aromatic rings. The number of hydrogen-bond donors (Lipinski definition) is 1. The van der Waals surface area contributed by atoms with Gasteiger partial charge in [-0.1, -0.05) is 0 Å². The third-order valence-corrected chi connectivity index (χ3v) is 2.60. The minimum absolute atomic E-state index is 0.0211. The third-order valence-electron chi connectivity index (χ3n) is 1.86. The Morgan fingerprint density at radius 1 is 1.12 bits per heavy atom. The van der Waals surface area contributed by atoms with Crippen LogP contribution in [0.5, 0.6) is 0 Å². The molecule has 17 heavy (non-hydrogen) atoms. The molecule has 0 saturated carbocycles. The molecule has 0 aromatic heterocycles. The Kier molecular flexibility index (Phi) is 4.62. The van der Waals surface area contributed by atoms with Crippen molar-refractivity contribution in [2.75, 3.05) is 5.32 Å². The Hall–Kier alpha value is -0.980. The van der Waals surface area contributed by atoms with E-state index in [1.54, 1.807) is 0 Å². The van der Waals surface area contributed by atoms with Crippen molar-refractivity contribution in [1.29, 1.82) is 0 Å². The van der Waals surface area contributed by atoms with Crippen LogP contribution in [0.4, 0.5) is 27.6 Å². The molecule has 0 amide bonds. The maximum atomic E-state index is 12.2. The summed E-state index contributed by atoms with van der Waals surface area (Å²) in [6.45, 7) is 1.29. The van der Waals surface area contributed by atoms with E-state index >= 15 is 0 Å². The van der Waals surface area contributed by atoms with Crippen LogP contribution >= 0.6 is 11.8 Å². The Morgan fingerprint density at radius 3 is 2.06 bits per heavy atom. The molecule has 0 heterocycles. The Morgan fingerprint density at radius 2 is 1.65 bits per heavy atom. The molecule has 96 valence electrons. The van der Waals surface area contributed by atoms with E-state index in [0.717, 1.165) is 0 Å². The van der Waals surface area contributed by atoms with Gasteiger partial charge in [0.2, 0.25) is 0 Å². The number of anilines is 1. The van der Waals surface area contributed by atoms with E-state index in [4.69, 9.17) is 0 Å². The maximum Gasteiger partial charge on any atom is 0.446 e. The lowest BCUT2D eigenvalue weighted by Crippen LogP contribution is -2.23. The Bertz CT molecular complexity index is 349. The standard InChI is InChI=1S/C10H10F5NS/c1-6(9(11)12)16-7-2-4-8(5-3-7)17-10(13,14)15/h2-6,9,16H,1H3. The van der Waals surface area contributed by atoms with Gasteiger partial charge in [0.15, 0.2) is 0 Å². The highest BCUT2D eigenvalue weighted by molar-refractivity contribution is 8.00. The molecule has 1 rings (SSSR count). The van der Waals surface area contributed by atoms with Crippen molar-refractivity contribution in [2.24, 2.45) is 0 Å². The van der Waals surface area contributed by atoms with Crippen molar-refractivity contribution in [3.05, 3.63) is 24.3 Å². The largest absolute Gasteiger partial charge is 0.446 e.